The van der Waals surface area contributed by atoms with Gasteiger partial charge in [0, 0.05) is 23.2 Å². The first kappa shape index (κ1) is 11.0. The summed E-state index contributed by atoms with van der Waals surface area (Å²) in [7, 11) is 0. The van der Waals surface area contributed by atoms with Crippen LogP contribution >= 0.6 is 11.6 Å². The van der Waals surface area contributed by atoms with Crippen molar-refractivity contribution in [2.45, 2.75) is 13.3 Å². The van der Waals surface area contributed by atoms with Crippen LogP contribution in [0.3, 0.4) is 0 Å². The zero-order valence-electron chi connectivity index (χ0n) is 8.67. The maximum absolute atomic E-state index is 11.6. The number of pyridine rings is 1. The number of halogens is 1. The van der Waals surface area contributed by atoms with E-state index in [-0.39, 0.29) is 5.56 Å². The Morgan fingerprint density at radius 2 is 2.12 bits per heavy atom. The molecule has 0 radical (unpaired) electrons. The van der Waals surface area contributed by atoms with Gasteiger partial charge in [0.2, 0.25) is 0 Å². The summed E-state index contributed by atoms with van der Waals surface area (Å²) in [6.07, 6.45) is 0.396. The van der Waals surface area contributed by atoms with Crippen molar-refractivity contribution in [3.8, 4) is 0 Å². The van der Waals surface area contributed by atoms with Gasteiger partial charge in [-0.2, -0.15) is 0 Å². The van der Waals surface area contributed by atoms with E-state index in [1.807, 2.05) is 0 Å². The molecule has 2 aromatic rings. The van der Waals surface area contributed by atoms with Gasteiger partial charge in [0.1, 0.15) is 5.58 Å². The standard InChI is InChI=1S/C11H10ClNO3/c1-6-4-9-8(10(14)13-6)5-7(2-3-12)11(15)16-9/h4-5H,2-3H2,1H3,(H,13,14). The van der Waals surface area contributed by atoms with Crippen LogP contribution in [0.4, 0.5) is 0 Å². The summed E-state index contributed by atoms with van der Waals surface area (Å²) >= 11 is 5.56. The van der Waals surface area contributed by atoms with Crippen LogP contribution in [0.1, 0.15) is 11.3 Å². The van der Waals surface area contributed by atoms with Gasteiger partial charge in [-0.3, -0.25) is 4.79 Å². The molecule has 2 aromatic heterocycles. The van der Waals surface area contributed by atoms with Crippen LogP contribution in [-0.2, 0) is 6.42 Å². The summed E-state index contributed by atoms with van der Waals surface area (Å²) in [6, 6.07) is 3.17. The second-order valence-corrected chi connectivity index (χ2v) is 3.94. The van der Waals surface area contributed by atoms with E-state index in [1.54, 1.807) is 19.1 Å². The van der Waals surface area contributed by atoms with Crippen LogP contribution in [0.25, 0.3) is 11.0 Å². The van der Waals surface area contributed by atoms with E-state index in [2.05, 4.69) is 4.98 Å². The van der Waals surface area contributed by atoms with Crippen molar-refractivity contribution in [2.75, 3.05) is 5.88 Å². The lowest BCUT2D eigenvalue weighted by Gasteiger charge is -2.00. The average molecular weight is 240 g/mol. The molecule has 0 aliphatic heterocycles. The zero-order chi connectivity index (χ0) is 11.7. The highest BCUT2D eigenvalue weighted by atomic mass is 35.5. The fraction of sp³-hybridized carbons (Fsp3) is 0.273. The van der Waals surface area contributed by atoms with Gasteiger partial charge >= 0.3 is 5.63 Å². The fourth-order valence-corrected chi connectivity index (χ4v) is 1.77. The largest absolute Gasteiger partial charge is 0.422 e. The fourth-order valence-electron chi connectivity index (χ4n) is 1.56. The maximum atomic E-state index is 11.6. The number of hydrogen-bond acceptors (Lipinski definition) is 3. The highest BCUT2D eigenvalue weighted by Gasteiger charge is 2.07. The minimum atomic E-state index is -0.432. The molecule has 0 spiro atoms. The van der Waals surface area contributed by atoms with Gasteiger partial charge in [-0.15, -0.1) is 11.6 Å². The summed E-state index contributed by atoms with van der Waals surface area (Å²) in [6.45, 7) is 1.73. The second-order valence-electron chi connectivity index (χ2n) is 3.56. The predicted octanol–water partition coefficient (Wildman–Crippen LogP) is 1.57. The van der Waals surface area contributed by atoms with Gasteiger partial charge in [0.05, 0.1) is 5.39 Å². The summed E-state index contributed by atoms with van der Waals surface area (Å²) in [5, 5.41) is 0.380. The molecule has 0 amide bonds. The first-order valence-electron chi connectivity index (χ1n) is 4.84. The van der Waals surface area contributed by atoms with Gasteiger partial charge in [-0.05, 0) is 19.4 Å². The van der Waals surface area contributed by atoms with Crippen molar-refractivity contribution >= 4 is 22.6 Å². The Hall–Kier alpha value is -1.55. The molecule has 0 unspecified atom stereocenters. The Morgan fingerprint density at radius 3 is 2.81 bits per heavy atom. The van der Waals surface area contributed by atoms with E-state index in [0.29, 0.717) is 34.5 Å². The molecule has 2 rings (SSSR count). The van der Waals surface area contributed by atoms with E-state index < -0.39 is 5.63 Å². The Kier molecular flexibility index (Phi) is 2.83. The molecule has 0 atom stereocenters. The predicted molar refractivity (Wildman–Crippen MR) is 62.3 cm³/mol. The van der Waals surface area contributed by atoms with E-state index in [0.717, 1.165) is 0 Å². The molecule has 0 aliphatic carbocycles. The van der Waals surface area contributed by atoms with Crippen molar-refractivity contribution in [2.24, 2.45) is 0 Å². The Labute approximate surface area is 95.9 Å². The van der Waals surface area contributed by atoms with Gasteiger partial charge in [0.25, 0.3) is 5.56 Å². The Balaban J connectivity index is 2.79. The van der Waals surface area contributed by atoms with Crippen molar-refractivity contribution < 1.29 is 4.42 Å². The molecule has 0 bridgehead atoms. The summed E-state index contributed by atoms with van der Waals surface area (Å²) in [5.74, 6) is 0.319. The number of aromatic nitrogens is 1. The Bertz CT molecular complexity index is 642. The number of fused-ring (bicyclic) bond motifs is 1. The third kappa shape index (κ3) is 1.88. The lowest BCUT2D eigenvalue weighted by atomic mass is 10.2. The third-order valence-electron chi connectivity index (χ3n) is 2.32. The van der Waals surface area contributed by atoms with Crippen molar-refractivity contribution in [1.29, 1.82) is 0 Å². The molecule has 1 N–H and O–H groups in total. The van der Waals surface area contributed by atoms with Crippen LogP contribution < -0.4 is 11.2 Å². The maximum Gasteiger partial charge on any atom is 0.339 e. The number of alkyl halides is 1. The van der Waals surface area contributed by atoms with Crippen LogP contribution in [0.2, 0.25) is 0 Å². The molecule has 2 heterocycles. The van der Waals surface area contributed by atoms with Crippen LogP contribution in [-0.4, -0.2) is 10.9 Å². The lowest BCUT2D eigenvalue weighted by molar-refractivity contribution is 0.550. The van der Waals surface area contributed by atoms with Crippen molar-refractivity contribution in [1.82, 2.24) is 4.98 Å². The van der Waals surface area contributed by atoms with Crippen molar-refractivity contribution in [3.63, 3.8) is 0 Å². The third-order valence-corrected chi connectivity index (χ3v) is 2.50. The molecular formula is C11H10ClNO3. The van der Waals surface area contributed by atoms with E-state index in [9.17, 15) is 9.59 Å². The number of aryl methyl sites for hydroxylation is 2. The molecule has 4 nitrogen and oxygen atoms in total. The normalized spacial score (nSPS) is 10.9. The van der Waals surface area contributed by atoms with E-state index >= 15 is 0 Å². The molecule has 0 fully saturated rings. The van der Waals surface area contributed by atoms with Gasteiger partial charge in [-0.25, -0.2) is 4.79 Å². The smallest absolute Gasteiger partial charge is 0.339 e. The van der Waals surface area contributed by atoms with Crippen LogP contribution in [0.15, 0.2) is 26.1 Å². The molecule has 0 saturated heterocycles. The first-order chi connectivity index (χ1) is 7.61. The number of H-pyrrole nitrogens is 1. The summed E-state index contributed by atoms with van der Waals surface area (Å²) in [5.41, 5.74) is 0.708. The molecule has 0 aromatic carbocycles. The summed E-state index contributed by atoms with van der Waals surface area (Å²) in [4.78, 5) is 25.8. The van der Waals surface area contributed by atoms with Crippen molar-refractivity contribution in [3.05, 3.63) is 44.2 Å². The first-order valence-corrected chi connectivity index (χ1v) is 5.38. The van der Waals surface area contributed by atoms with Crippen LogP contribution in [0, 0.1) is 6.92 Å². The van der Waals surface area contributed by atoms with E-state index in [4.69, 9.17) is 16.0 Å². The highest BCUT2D eigenvalue weighted by Crippen LogP contribution is 2.10. The molecule has 16 heavy (non-hydrogen) atoms. The SMILES string of the molecule is Cc1cc2oc(=O)c(CCCl)cc2c(=O)[nH]1. The minimum Gasteiger partial charge on any atom is -0.422 e. The van der Waals surface area contributed by atoms with Gasteiger partial charge in [-0.1, -0.05) is 0 Å². The summed E-state index contributed by atoms with van der Waals surface area (Å²) < 4.78 is 5.07. The number of aromatic amines is 1. The molecule has 0 aliphatic rings. The number of rotatable bonds is 2. The monoisotopic (exact) mass is 239 g/mol. The Morgan fingerprint density at radius 1 is 1.38 bits per heavy atom. The molecule has 0 saturated carbocycles. The molecular weight excluding hydrogens is 230 g/mol. The molecule has 84 valence electrons. The van der Waals surface area contributed by atoms with E-state index in [1.165, 1.54) is 0 Å². The minimum absolute atomic E-state index is 0.255. The van der Waals surface area contributed by atoms with Gasteiger partial charge in [0.15, 0.2) is 0 Å². The van der Waals surface area contributed by atoms with Crippen LogP contribution in [0.5, 0.6) is 0 Å². The number of nitrogens with one attached hydrogen (secondary N) is 1. The lowest BCUT2D eigenvalue weighted by Crippen LogP contribution is -2.13. The second kappa shape index (κ2) is 4.14. The highest BCUT2D eigenvalue weighted by molar-refractivity contribution is 6.18. The molecule has 5 heteroatoms. The van der Waals surface area contributed by atoms with Gasteiger partial charge < -0.3 is 9.40 Å². The topological polar surface area (TPSA) is 63.1 Å². The zero-order valence-corrected chi connectivity index (χ0v) is 9.43. The number of hydrogen-bond donors (Lipinski definition) is 1. The average Bonchev–Trinajstić information content (AvgIpc) is 2.20. The quantitative estimate of drug-likeness (QED) is 0.810.